The maximum absolute atomic E-state index is 12.5. The van der Waals surface area contributed by atoms with E-state index < -0.39 is 0 Å². The lowest BCUT2D eigenvalue weighted by molar-refractivity contribution is -0.115. The third-order valence-corrected chi connectivity index (χ3v) is 6.83. The van der Waals surface area contributed by atoms with Crippen LogP contribution >= 0.6 is 34.4 Å². The lowest BCUT2D eigenvalue weighted by Gasteiger charge is -2.23. The van der Waals surface area contributed by atoms with Crippen LogP contribution in [0.2, 0.25) is 0 Å². The number of anilines is 2. The first-order chi connectivity index (χ1) is 13.7. The molecule has 0 N–H and O–H groups in total. The van der Waals surface area contributed by atoms with E-state index in [1.807, 2.05) is 33.1 Å². The molecule has 0 saturated carbocycles. The van der Waals surface area contributed by atoms with Crippen molar-refractivity contribution in [3.05, 3.63) is 39.9 Å². The van der Waals surface area contributed by atoms with E-state index in [-0.39, 0.29) is 12.0 Å². The summed E-state index contributed by atoms with van der Waals surface area (Å²) in [5, 5.41) is 11.4. The first kappa shape index (κ1) is 21.7. The Labute approximate surface area is 183 Å². The molecular weight excluding hydrogens is 424 g/mol. The number of thiazole rings is 1. The van der Waals surface area contributed by atoms with Gasteiger partial charge in [0.05, 0.1) is 17.5 Å². The van der Waals surface area contributed by atoms with Gasteiger partial charge in [0.2, 0.25) is 5.91 Å². The van der Waals surface area contributed by atoms with Gasteiger partial charge in [0, 0.05) is 18.1 Å². The maximum Gasteiger partial charge on any atom is 0.295 e. The Morgan fingerprint density at radius 2 is 1.90 bits per heavy atom. The molecule has 0 aliphatic heterocycles. The number of aromatic nitrogens is 3. The summed E-state index contributed by atoms with van der Waals surface area (Å²) < 4.78 is 6.40. The van der Waals surface area contributed by atoms with Crippen molar-refractivity contribution in [3.63, 3.8) is 0 Å². The van der Waals surface area contributed by atoms with E-state index in [9.17, 15) is 4.79 Å². The number of rotatable bonds is 7. The zero-order chi connectivity index (χ0) is 21.1. The summed E-state index contributed by atoms with van der Waals surface area (Å²) in [6, 6.07) is 4.18. The number of ether oxygens (including phenoxy) is 1. The topological polar surface area (TPSA) is 68.2 Å². The summed E-state index contributed by atoms with van der Waals surface area (Å²) in [4.78, 5) is 18.9. The van der Waals surface area contributed by atoms with Crippen molar-refractivity contribution < 1.29 is 9.53 Å². The van der Waals surface area contributed by atoms with Crippen LogP contribution in [-0.4, -0.2) is 27.2 Å². The minimum Gasteiger partial charge on any atom is -0.466 e. The molecule has 0 aliphatic carbocycles. The monoisotopic (exact) mass is 448 g/mol. The average Bonchev–Trinajstić information content (AvgIpc) is 3.24. The van der Waals surface area contributed by atoms with Crippen LogP contribution in [0.3, 0.4) is 0 Å². The Hall–Kier alpha value is -1.97. The number of aryl methyl sites for hydroxylation is 3. The highest BCUT2D eigenvalue weighted by atomic mass is 32.2. The molecule has 0 bridgehead atoms. The van der Waals surface area contributed by atoms with Gasteiger partial charge >= 0.3 is 0 Å². The summed E-state index contributed by atoms with van der Waals surface area (Å²) in [5.41, 5.74) is 5.13. The van der Waals surface area contributed by atoms with Gasteiger partial charge in [-0.15, -0.1) is 16.4 Å². The third kappa shape index (κ3) is 5.34. The van der Waals surface area contributed by atoms with E-state index in [1.165, 1.54) is 28.2 Å². The van der Waals surface area contributed by atoms with Crippen molar-refractivity contribution in [2.45, 2.75) is 57.7 Å². The number of hydrogen-bond acceptors (Lipinski definition) is 8. The Balaban J connectivity index is 1.77. The van der Waals surface area contributed by atoms with E-state index in [1.54, 1.807) is 23.6 Å². The molecule has 2 aromatic heterocycles. The number of thioether (sulfide) groups is 1. The van der Waals surface area contributed by atoms with Crippen LogP contribution in [0.25, 0.3) is 0 Å². The van der Waals surface area contributed by atoms with Crippen LogP contribution in [0.15, 0.2) is 21.9 Å². The van der Waals surface area contributed by atoms with Crippen molar-refractivity contribution in [2.75, 3.05) is 4.90 Å². The molecule has 3 aromatic rings. The van der Waals surface area contributed by atoms with E-state index in [0.29, 0.717) is 16.1 Å². The summed E-state index contributed by atoms with van der Waals surface area (Å²) in [6.45, 7) is 11.6. The molecule has 0 spiro atoms. The fourth-order valence-electron chi connectivity index (χ4n) is 3.02. The maximum atomic E-state index is 12.5. The molecule has 2 heterocycles. The molecule has 1 aromatic carbocycles. The smallest absolute Gasteiger partial charge is 0.295 e. The molecule has 9 heteroatoms. The molecule has 0 fully saturated rings. The third-order valence-electron chi connectivity index (χ3n) is 3.97. The number of carbonyl (C=O) groups excluding carboxylic acids is 1. The molecular formula is C20H24N4O2S3. The Bertz CT molecular complexity index is 990. The molecule has 0 unspecified atom stereocenters. The van der Waals surface area contributed by atoms with Gasteiger partial charge in [0.15, 0.2) is 9.47 Å². The summed E-state index contributed by atoms with van der Waals surface area (Å²) in [6.07, 6.45) is 0.0770. The molecule has 0 aliphatic rings. The van der Waals surface area contributed by atoms with E-state index >= 15 is 0 Å². The van der Waals surface area contributed by atoms with Gasteiger partial charge in [0.25, 0.3) is 5.19 Å². The minimum absolute atomic E-state index is 0.0480. The number of hydrogen-bond donors (Lipinski definition) is 0. The van der Waals surface area contributed by atoms with E-state index in [2.05, 4.69) is 29.3 Å². The second-order valence-corrected chi connectivity index (χ2v) is 10.0. The van der Waals surface area contributed by atoms with Crippen LogP contribution in [-0.2, 0) is 10.5 Å². The van der Waals surface area contributed by atoms with Crippen molar-refractivity contribution in [3.8, 4) is 5.19 Å². The molecule has 6 nitrogen and oxygen atoms in total. The second kappa shape index (κ2) is 9.23. The van der Waals surface area contributed by atoms with Gasteiger partial charge in [-0.1, -0.05) is 34.6 Å². The predicted molar refractivity (Wildman–Crippen MR) is 121 cm³/mol. The predicted octanol–water partition coefficient (Wildman–Crippen LogP) is 5.68. The van der Waals surface area contributed by atoms with Gasteiger partial charge in [-0.2, -0.15) is 0 Å². The average molecular weight is 449 g/mol. The van der Waals surface area contributed by atoms with Crippen LogP contribution in [0, 0.1) is 20.8 Å². The second-order valence-electron chi connectivity index (χ2n) is 7.01. The molecule has 154 valence electrons. The summed E-state index contributed by atoms with van der Waals surface area (Å²) in [7, 11) is 0. The van der Waals surface area contributed by atoms with Gasteiger partial charge in [-0.05, 0) is 57.1 Å². The quantitative estimate of drug-likeness (QED) is 0.433. The van der Waals surface area contributed by atoms with Crippen molar-refractivity contribution in [2.24, 2.45) is 0 Å². The van der Waals surface area contributed by atoms with Gasteiger partial charge in [-0.25, -0.2) is 4.98 Å². The zero-order valence-electron chi connectivity index (χ0n) is 17.3. The fraction of sp³-hybridized carbons (Fsp3) is 0.400. The van der Waals surface area contributed by atoms with Crippen LogP contribution in [0.4, 0.5) is 10.8 Å². The van der Waals surface area contributed by atoms with Gasteiger partial charge < -0.3 is 4.74 Å². The van der Waals surface area contributed by atoms with Gasteiger partial charge in [0.1, 0.15) is 0 Å². The first-order valence-corrected chi connectivity index (χ1v) is 11.9. The normalized spacial score (nSPS) is 11.1. The zero-order valence-corrected chi connectivity index (χ0v) is 19.8. The van der Waals surface area contributed by atoms with E-state index in [4.69, 9.17) is 9.72 Å². The Morgan fingerprint density at radius 1 is 1.21 bits per heavy atom. The van der Waals surface area contributed by atoms with Crippen LogP contribution in [0.5, 0.6) is 5.19 Å². The van der Waals surface area contributed by atoms with Crippen molar-refractivity contribution in [1.29, 1.82) is 0 Å². The number of benzene rings is 1. The fourth-order valence-corrected chi connectivity index (χ4v) is 5.69. The highest BCUT2D eigenvalue weighted by Crippen LogP contribution is 2.36. The number of nitrogens with zero attached hydrogens (tertiary/aromatic N) is 4. The minimum atomic E-state index is -0.0480. The van der Waals surface area contributed by atoms with E-state index in [0.717, 1.165) is 26.8 Å². The summed E-state index contributed by atoms with van der Waals surface area (Å²) in [5.74, 6) is 0.609. The van der Waals surface area contributed by atoms with Crippen molar-refractivity contribution in [1.82, 2.24) is 15.2 Å². The molecule has 1 amide bonds. The molecule has 3 rings (SSSR count). The lowest BCUT2D eigenvalue weighted by Crippen LogP contribution is -2.24. The van der Waals surface area contributed by atoms with Gasteiger partial charge in [-0.3, -0.25) is 9.69 Å². The highest BCUT2D eigenvalue weighted by molar-refractivity contribution is 8.00. The molecule has 0 radical (unpaired) electrons. The number of amides is 1. The summed E-state index contributed by atoms with van der Waals surface area (Å²) >= 11 is 4.47. The molecule has 0 saturated heterocycles. The molecule has 0 atom stereocenters. The largest absolute Gasteiger partial charge is 0.466 e. The van der Waals surface area contributed by atoms with Crippen molar-refractivity contribution >= 4 is 51.2 Å². The highest BCUT2D eigenvalue weighted by Gasteiger charge is 2.22. The SMILES string of the molecule is CC(=O)N(c1nc(CSc2nnc(OC(C)C)s2)cs1)c1c(C)cc(C)cc1C. The van der Waals surface area contributed by atoms with Crippen LogP contribution in [0.1, 0.15) is 43.2 Å². The Kier molecular flexibility index (Phi) is 6.92. The Morgan fingerprint density at radius 3 is 2.52 bits per heavy atom. The molecule has 29 heavy (non-hydrogen) atoms. The van der Waals surface area contributed by atoms with Crippen LogP contribution < -0.4 is 9.64 Å². The number of carbonyl (C=O) groups is 1. The lowest BCUT2D eigenvalue weighted by atomic mass is 10.0. The first-order valence-electron chi connectivity index (χ1n) is 9.20. The standard InChI is InChI=1S/C20H24N4O2S3/c1-11(2)26-19-22-23-20(29-19)28-10-16-9-27-18(21-16)24(15(6)25)17-13(4)7-12(3)8-14(17)5/h7-9,11H,10H2,1-6H3.